The van der Waals surface area contributed by atoms with Crippen molar-refractivity contribution in [3.63, 3.8) is 0 Å². The largest absolute Gasteiger partial charge is 0.467 e. The van der Waals surface area contributed by atoms with Crippen LogP contribution in [0.2, 0.25) is 0 Å². The molecule has 1 aromatic rings. The summed E-state index contributed by atoms with van der Waals surface area (Å²) in [6.07, 6.45) is 4.62. The second-order valence-corrected chi connectivity index (χ2v) is 5.26. The maximum atomic E-state index is 5.44. The van der Waals surface area contributed by atoms with Crippen molar-refractivity contribution in [2.24, 2.45) is 4.99 Å². The number of furan rings is 1. The summed E-state index contributed by atoms with van der Waals surface area (Å²) in [5.41, 5.74) is 0. The van der Waals surface area contributed by atoms with E-state index in [0.717, 1.165) is 57.3 Å². The Morgan fingerprint density at radius 3 is 2.44 bits per heavy atom. The summed E-state index contributed by atoms with van der Waals surface area (Å²) < 4.78 is 20.7. The van der Waals surface area contributed by atoms with Crippen molar-refractivity contribution < 1.29 is 18.6 Å². The maximum absolute atomic E-state index is 5.44. The van der Waals surface area contributed by atoms with Crippen LogP contribution in [-0.2, 0) is 20.8 Å². The molecule has 0 bridgehead atoms. The van der Waals surface area contributed by atoms with Gasteiger partial charge in [-0.25, -0.2) is 4.99 Å². The molecule has 0 aliphatic carbocycles. The first kappa shape index (κ1) is 24.2. The number of nitrogens with zero attached hydrogens (tertiary/aromatic N) is 1. The number of guanidine groups is 1. The number of methoxy groups -OCH3 is 2. The van der Waals surface area contributed by atoms with Crippen LogP contribution in [-0.4, -0.2) is 59.7 Å². The summed E-state index contributed by atoms with van der Waals surface area (Å²) >= 11 is 0. The lowest BCUT2D eigenvalue weighted by Crippen LogP contribution is -2.38. The number of unbranched alkanes of at least 4 members (excludes halogenated alkanes) is 1. The van der Waals surface area contributed by atoms with Gasteiger partial charge in [0, 0.05) is 40.5 Å². The fraction of sp³-hybridized carbons (Fsp3) is 0.706. The second-order valence-electron chi connectivity index (χ2n) is 5.26. The van der Waals surface area contributed by atoms with Gasteiger partial charge in [-0.1, -0.05) is 0 Å². The Morgan fingerprint density at radius 1 is 1.00 bits per heavy atom. The first-order valence-electron chi connectivity index (χ1n) is 8.47. The molecule has 0 fully saturated rings. The molecule has 0 aliphatic rings. The fourth-order valence-electron chi connectivity index (χ4n) is 1.94. The van der Waals surface area contributed by atoms with Gasteiger partial charge in [0.15, 0.2) is 5.96 Å². The van der Waals surface area contributed by atoms with Gasteiger partial charge in [0.25, 0.3) is 0 Å². The Labute approximate surface area is 167 Å². The van der Waals surface area contributed by atoms with Crippen molar-refractivity contribution in [3.8, 4) is 0 Å². The van der Waals surface area contributed by atoms with E-state index in [1.807, 2.05) is 12.1 Å². The van der Waals surface area contributed by atoms with Crippen molar-refractivity contribution >= 4 is 29.9 Å². The lowest BCUT2D eigenvalue weighted by Gasteiger charge is -2.12. The molecule has 0 radical (unpaired) electrons. The molecular weight excluding hydrogens is 437 g/mol. The van der Waals surface area contributed by atoms with Gasteiger partial charge < -0.3 is 29.3 Å². The van der Waals surface area contributed by atoms with Gasteiger partial charge >= 0.3 is 0 Å². The van der Waals surface area contributed by atoms with Gasteiger partial charge in [0.1, 0.15) is 12.3 Å². The predicted octanol–water partition coefficient (Wildman–Crippen LogP) is 2.41. The van der Waals surface area contributed by atoms with Crippen LogP contribution in [0.1, 0.15) is 25.0 Å². The quantitative estimate of drug-likeness (QED) is 0.189. The lowest BCUT2D eigenvalue weighted by molar-refractivity contribution is 0.0689. The highest BCUT2D eigenvalue weighted by Crippen LogP contribution is 2.01. The molecule has 0 saturated heterocycles. The summed E-state index contributed by atoms with van der Waals surface area (Å²) in [5, 5.41) is 6.64. The van der Waals surface area contributed by atoms with Crippen molar-refractivity contribution in [3.05, 3.63) is 24.2 Å². The van der Waals surface area contributed by atoms with Crippen LogP contribution in [0.15, 0.2) is 27.8 Å². The van der Waals surface area contributed by atoms with E-state index >= 15 is 0 Å². The highest BCUT2D eigenvalue weighted by Gasteiger charge is 2.00. The molecule has 0 aliphatic heterocycles. The molecule has 0 aromatic carbocycles. The van der Waals surface area contributed by atoms with Gasteiger partial charge in [0.05, 0.1) is 19.5 Å². The number of halogens is 1. The number of rotatable bonds is 14. The van der Waals surface area contributed by atoms with Crippen LogP contribution in [0.5, 0.6) is 0 Å². The summed E-state index contributed by atoms with van der Waals surface area (Å²) in [5.74, 6) is 1.64. The van der Waals surface area contributed by atoms with Gasteiger partial charge in [-0.05, 0) is 31.4 Å². The Morgan fingerprint density at radius 2 is 1.76 bits per heavy atom. The zero-order valence-corrected chi connectivity index (χ0v) is 17.6. The Balaban J connectivity index is 0.00000576. The van der Waals surface area contributed by atoms with Crippen molar-refractivity contribution in [2.75, 3.05) is 53.7 Å². The molecule has 2 N–H and O–H groups in total. The molecule has 0 atom stereocenters. The molecule has 7 nitrogen and oxygen atoms in total. The third-order valence-electron chi connectivity index (χ3n) is 3.23. The van der Waals surface area contributed by atoms with E-state index < -0.39 is 0 Å². The molecule has 0 spiro atoms. The summed E-state index contributed by atoms with van der Waals surface area (Å²) in [6, 6.07) is 3.79. The van der Waals surface area contributed by atoms with Gasteiger partial charge in [-0.3, -0.25) is 0 Å². The van der Waals surface area contributed by atoms with E-state index in [4.69, 9.17) is 18.6 Å². The predicted molar refractivity (Wildman–Crippen MR) is 110 cm³/mol. The topological polar surface area (TPSA) is 77.2 Å². The third-order valence-corrected chi connectivity index (χ3v) is 3.23. The second kappa shape index (κ2) is 18.0. The minimum Gasteiger partial charge on any atom is -0.467 e. The first-order chi connectivity index (χ1) is 11.9. The monoisotopic (exact) mass is 469 g/mol. The highest BCUT2D eigenvalue weighted by atomic mass is 127. The van der Waals surface area contributed by atoms with E-state index in [2.05, 4.69) is 15.6 Å². The molecule has 1 rings (SSSR count). The third kappa shape index (κ3) is 14.1. The van der Waals surface area contributed by atoms with Crippen LogP contribution >= 0.6 is 24.0 Å². The van der Waals surface area contributed by atoms with E-state index in [0.29, 0.717) is 19.8 Å². The van der Waals surface area contributed by atoms with Crippen LogP contribution < -0.4 is 10.6 Å². The standard InChI is InChI=1S/C17H31N3O4.HI/c1-21-10-6-9-19-17(20-15-16-7-5-12-24-16)18-8-3-4-11-23-14-13-22-2;/h5,7,12H,3-4,6,8-11,13-15H2,1-2H3,(H2,18,19,20);1H. The van der Waals surface area contributed by atoms with Crippen LogP contribution in [0.3, 0.4) is 0 Å². The normalized spacial score (nSPS) is 11.2. The maximum Gasteiger partial charge on any atom is 0.191 e. The van der Waals surface area contributed by atoms with Crippen molar-refractivity contribution in [1.82, 2.24) is 10.6 Å². The van der Waals surface area contributed by atoms with Gasteiger partial charge in [-0.2, -0.15) is 0 Å². The molecule has 0 saturated carbocycles. The Kier molecular flexibility index (Phi) is 17.4. The van der Waals surface area contributed by atoms with Crippen LogP contribution in [0.4, 0.5) is 0 Å². The summed E-state index contributed by atoms with van der Waals surface area (Å²) in [4.78, 5) is 4.53. The first-order valence-corrected chi connectivity index (χ1v) is 8.47. The number of ether oxygens (including phenoxy) is 3. The average molecular weight is 469 g/mol. The molecule has 0 amide bonds. The Hall–Kier alpha value is -0.840. The molecule has 0 unspecified atom stereocenters. The molecule has 1 aromatic heterocycles. The fourth-order valence-corrected chi connectivity index (χ4v) is 1.94. The van der Waals surface area contributed by atoms with E-state index in [9.17, 15) is 0 Å². The molecule has 8 heteroatoms. The number of nitrogens with one attached hydrogen (secondary N) is 2. The molecular formula is C17H32IN3O4. The molecule has 25 heavy (non-hydrogen) atoms. The van der Waals surface area contributed by atoms with E-state index in [1.165, 1.54) is 0 Å². The summed E-state index contributed by atoms with van der Waals surface area (Å²) in [6.45, 7) is 4.98. The van der Waals surface area contributed by atoms with Gasteiger partial charge in [0.2, 0.25) is 0 Å². The van der Waals surface area contributed by atoms with Gasteiger partial charge in [-0.15, -0.1) is 24.0 Å². The molecule has 146 valence electrons. The average Bonchev–Trinajstić information content (AvgIpc) is 3.11. The Bertz CT molecular complexity index is 416. The van der Waals surface area contributed by atoms with E-state index in [1.54, 1.807) is 20.5 Å². The summed E-state index contributed by atoms with van der Waals surface area (Å²) in [7, 11) is 3.38. The number of hydrogen-bond donors (Lipinski definition) is 2. The van der Waals surface area contributed by atoms with Crippen LogP contribution in [0.25, 0.3) is 0 Å². The minimum atomic E-state index is 0. The zero-order chi connectivity index (χ0) is 17.3. The van der Waals surface area contributed by atoms with E-state index in [-0.39, 0.29) is 24.0 Å². The van der Waals surface area contributed by atoms with Crippen molar-refractivity contribution in [1.29, 1.82) is 0 Å². The zero-order valence-electron chi connectivity index (χ0n) is 15.3. The SMILES string of the molecule is COCCCNC(=NCc1ccco1)NCCCCOCCOC.I. The van der Waals surface area contributed by atoms with Crippen molar-refractivity contribution in [2.45, 2.75) is 25.8 Å². The smallest absolute Gasteiger partial charge is 0.191 e. The highest BCUT2D eigenvalue weighted by molar-refractivity contribution is 14.0. The lowest BCUT2D eigenvalue weighted by atomic mass is 10.3. The molecule has 1 heterocycles. The minimum absolute atomic E-state index is 0. The van der Waals surface area contributed by atoms with Crippen LogP contribution in [0, 0.1) is 0 Å². The number of aliphatic imine (C=N–C) groups is 1. The number of hydrogen-bond acceptors (Lipinski definition) is 5.